The first-order valence-electron chi connectivity index (χ1n) is 6.25. The third kappa shape index (κ3) is 3.86. The van der Waals surface area contributed by atoms with Crippen molar-refractivity contribution >= 4 is 11.6 Å². The zero-order chi connectivity index (χ0) is 14.5. The van der Waals surface area contributed by atoms with Crippen molar-refractivity contribution < 1.29 is 14.3 Å². The Kier molecular flexibility index (Phi) is 5.18. The van der Waals surface area contributed by atoms with Gasteiger partial charge in [-0.05, 0) is 40.0 Å². The predicted molar refractivity (Wildman–Crippen MR) is 75.9 cm³/mol. The van der Waals surface area contributed by atoms with Gasteiger partial charge in [0.15, 0.2) is 11.5 Å². The summed E-state index contributed by atoms with van der Waals surface area (Å²) in [5, 5.41) is 5.79. The second-order valence-electron chi connectivity index (χ2n) is 4.63. The van der Waals surface area contributed by atoms with E-state index in [2.05, 4.69) is 10.6 Å². The van der Waals surface area contributed by atoms with Gasteiger partial charge in [-0.2, -0.15) is 0 Å². The number of carbonyl (C=O) groups excluding carboxylic acids is 1. The summed E-state index contributed by atoms with van der Waals surface area (Å²) < 4.78 is 10.7. The van der Waals surface area contributed by atoms with Gasteiger partial charge in [-0.3, -0.25) is 4.79 Å². The number of rotatable bonds is 6. The number of hydrogen-bond acceptors (Lipinski definition) is 4. The van der Waals surface area contributed by atoms with E-state index in [9.17, 15) is 4.79 Å². The molecule has 0 aliphatic carbocycles. The first-order chi connectivity index (χ1) is 8.94. The normalized spacial score (nSPS) is 11.0. The van der Waals surface area contributed by atoms with Gasteiger partial charge in [0, 0.05) is 11.8 Å². The summed E-state index contributed by atoms with van der Waals surface area (Å²) in [7, 11) is 3.32. The molecule has 1 amide bonds. The number of hydrogen-bond donors (Lipinski definition) is 2. The van der Waals surface area contributed by atoms with Crippen molar-refractivity contribution in [1.29, 1.82) is 0 Å². The number of carbonyl (C=O) groups is 1. The molecule has 5 heteroatoms. The molecule has 1 rings (SSSR count). The van der Waals surface area contributed by atoms with Crippen LogP contribution in [0.25, 0.3) is 0 Å². The van der Waals surface area contributed by atoms with Crippen molar-refractivity contribution in [3.63, 3.8) is 0 Å². The standard InChI is InChI=1S/C14H22N2O3/c1-6-19-11-8-7-10(9-12(11)18-5)16-13(17)14(2,3)15-4/h7-9,15H,6H2,1-5H3,(H,16,17). The Hall–Kier alpha value is -1.75. The molecule has 106 valence electrons. The minimum atomic E-state index is -0.633. The van der Waals surface area contributed by atoms with Gasteiger partial charge in [0.25, 0.3) is 0 Å². The van der Waals surface area contributed by atoms with E-state index in [1.54, 1.807) is 32.4 Å². The van der Waals surface area contributed by atoms with E-state index in [0.29, 0.717) is 23.8 Å². The van der Waals surface area contributed by atoms with Crippen molar-refractivity contribution in [3.8, 4) is 11.5 Å². The topological polar surface area (TPSA) is 59.6 Å². The van der Waals surface area contributed by atoms with Crippen LogP contribution in [0.5, 0.6) is 11.5 Å². The Morgan fingerprint density at radius 2 is 2.00 bits per heavy atom. The van der Waals surface area contributed by atoms with Crippen molar-refractivity contribution in [1.82, 2.24) is 5.32 Å². The Morgan fingerprint density at radius 3 is 2.53 bits per heavy atom. The number of anilines is 1. The van der Waals surface area contributed by atoms with E-state index in [1.807, 2.05) is 20.8 Å². The Morgan fingerprint density at radius 1 is 1.32 bits per heavy atom. The summed E-state index contributed by atoms with van der Waals surface area (Å²) in [5.74, 6) is 1.15. The van der Waals surface area contributed by atoms with Gasteiger partial charge in [-0.15, -0.1) is 0 Å². The zero-order valence-electron chi connectivity index (χ0n) is 12.2. The van der Waals surface area contributed by atoms with Crippen LogP contribution in [-0.4, -0.2) is 32.2 Å². The smallest absolute Gasteiger partial charge is 0.244 e. The van der Waals surface area contributed by atoms with Crippen LogP contribution >= 0.6 is 0 Å². The predicted octanol–water partition coefficient (Wildman–Crippen LogP) is 2.03. The van der Waals surface area contributed by atoms with E-state index in [0.717, 1.165) is 0 Å². The van der Waals surface area contributed by atoms with Crippen LogP contribution in [-0.2, 0) is 4.79 Å². The maximum atomic E-state index is 12.0. The number of amides is 1. The number of nitrogens with one attached hydrogen (secondary N) is 2. The third-order valence-electron chi connectivity index (χ3n) is 2.91. The molecular weight excluding hydrogens is 244 g/mol. The highest BCUT2D eigenvalue weighted by atomic mass is 16.5. The molecule has 0 radical (unpaired) electrons. The molecule has 0 heterocycles. The van der Waals surface area contributed by atoms with E-state index in [4.69, 9.17) is 9.47 Å². The van der Waals surface area contributed by atoms with E-state index in [1.165, 1.54) is 0 Å². The molecule has 0 atom stereocenters. The molecule has 0 spiro atoms. The summed E-state index contributed by atoms with van der Waals surface area (Å²) in [5.41, 5.74) is 0.0415. The highest BCUT2D eigenvalue weighted by Crippen LogP contribution is 2.30. The Labute approximate surface area is 114 Å². The number of benzene rings is 1. The number of methoxy groups -OCH3 is 1. The van der Waals surface area contributed by atoms with E-state index < -0.39 is 5.54 Å². The Balaban J connectivity index is 2.89. The van der Waals surface area contributed by atoms with Crippen LogP contribution in [0.4, 0.5) is 5.69 Å². The minimum absolute atomic E-state index is 0.110. The van der Waals surface area contributed by atoms with Gasteiger partial charge >= 0.3 is 0 Å². The van der Waals surface area contributed by atoms with Crippen molar-refractivity contribution in [2.75, 3.05) is 26.1 Å². The quantitative estimate of drug-likeness (QED) is 0.827. The molecule has 0 unspecified atom stereocenters. The van der Waals surface area contributed by atoms with Crippen LogP contribution in [0, 0.1) is 0 Å². The highest BCUT2D eigenvalue weighted by Gasteiger charge is 2.25. The van der Waals surface area contributed by atoms with Crippen LogP contribution in [0.15, 0.2) is 18.2 Å². The van der Waals surface area contributed by atoms with Gasteiger partial charge in [0.2, 0.25) is 5.91 Å². The molecule has 1 aromatic carbocycles. The molecule has 0 fully saturated rings. The fraction of sp³-hybridized carbons (Fsp3) is 0.500. The summed E-state index contributed by atoms with van der Waals surface area (Å²) >= 11 is 0. The molecular formula is C14H22N2O3. The van der Waals surface area contributed by atoms with Crippen LogP contribution in [0.1, 0.15) is 20.8 Å². The molecule has 2 N–H and O–H groups in total. The van der Waals surface area contributed by atoms with Crippen molar-refractivity contribution in [2.24, 2.45) is 0 Å². The molecule has 0 aromatic heterocycles. The van der Waals surface area contributed by atoms with Crippen LogP contribution in [0.3, 0.4) is 0 Å². The van der Waals surface area contributed by atoms with Gasteiger partial charge in [-0.25, -0.2) is 0 Å². The van der Waals surface area contributed by atoms with Gasteiger partial charge in [0.05, 0.1) is 19.3 Å². The molecule has 5 nitrogen and oxygen atoms in total. The number of likely N-dealkylation sites (N-methyl/N-ethyl adjacent to an activating group) is 1. The maximum absolute atomic E-state index is 12.0. The van der Waals surface area contributed by atoms with E-state index >= 15 is 0 Å². The minimum Gasteiger partial charge on any atom is -0.493 e. The van der Waals surface area contributed by atoms with Crippen LogP contribution < -0.4 is 20.1 Å². The zero-order valence-corrected chi connectivity index (χ0v) is 12.2. The fourth-order valence-electron chi connectivity index (χ4n) is 1.42. The molecule has 0 saturated heterocycles. The van der Waals surface area contributed by atoms with Crippen molar-refractivity contribution in [3.05, 3.63) is 18.2 Å². The maximum Gasteiger partial charge on any atom is 0.244 e. The van der Waals surface area contributed by atoms with E-state index in [-0.39, 0.29) is 5.91 Å². The average molecular weight is 266 g/mol. The average Bonchev–Trinajstić information content (AvgIpc) is 2.40. The molecule has 0 bridgehead atoms. The lowest BCUT2D eigenvalue weighted by Crippen LogP contribution is -2.47. The summed E-state index contributed by atoms with van der Waals surface area (Å²) in [6.45, 7) is 6.10. The SMILES string of the molecule is CCOc1ccc(NC(=O)C(C)(C)NC)cc1OC. The molecule has 1 aromatic rings. The summed E-state index contributed by atoms with van der Waals surface area (Å²) in [6, 6.07) is 5.32. The molecule has 0 aliphatic rings. The first kappa shape index (κ1) is 15.3. The first-order valence-corrected chi connectivity index (χ1v) is 6.25. The van der Waals surface area contributed by atoms with Gasteiger partial charge < -0.3 is 20.1 Å². The Bertz CT molecular complexity index is 444. The summed E-state index contributed by atoms with van der Waals surface area (Å²) in [4.78, 5) is 12.0. The molecule has 0 aliphatic heterocycles. The second kappa shape index (κ2) is 6.43. The lowest BCUT2D eigenvalue weighted by molar-refractivity contribution is -0.121. The monoisotopic (exact) mass is 266 g/mol. The van der Waals surface area contributed by atoms with Gasteiger partial charge in [0.1, 0.15) is 0 Å². The second-order valence-corrected chi connectivity index (χ2v) is 4.63. The largest absolute Gasteiger partial charge is 0.493 e. The highest BCUT2D eigenvalue weighted by molar-refractivity contribution is 5.97. The molecule has 0 saturated carbocycles. The number of ether oxygens (including phenoxy) is 2. The molecule has 19 heavy (non-hydrogen) atoms. The third-order valence-corrected chi connectivity index (χ3v) is 2.91. The summed E-state index contributed by atoms with van der Waals surface area (Å²) in [6.07, 6.45) is 0. The lowest BCUT2D eigenvalue weighted by atomic mass is 10.1. The lowest BCUT2D eigenvalue weighted by Gasteiger charge is -2.23. The fourth-order valence-corrected chi connectivity index (χ4v) is 1.42. The van der Waals surface area contributed by atoms with Gasteiger partial charge in [-0.1, -0.05) is 0 Å². The van der Waals surface area contributed by atoms with Crippen LogP contribution in [0.2, 0.25) is 0 Å². The van der Waals surface area contributed by atoms with Crippen molar-refractivity contribution in [2.45, 2.75) is 26.3 Å².